The van der Waals surface area contributed by atoms with E-state index in [-0.39, 0.29) is 24.5 Å². The highest BCUT2D eigenvalue weighted by Gasteiger charge is 2.16. The number of nitrogens with one attached hydrogen (secondary N) is 2. The summed E-state index contributed by atoms with van der Waals surface area (Å²) in [5.41, 5.74) is 0. The van der Waals surface area contributed by atoms with Crippen LogP contribution < -0.4 is 10.0 Å². The third kappa shape index (κ3) is 6.98. The van der Waals surface area contributed by atoms with Crippen LogP contribution in [0.3, 0.4) is 0 Å². The van der Waals surface area contributed by atoms with E-state index in [1.165, 1.54) is 12.8 Å². The van der Waals surface area contributed by atoms with E-state index in [1.807, 2.05) is 13.8 Å². The lowest BCUT2D eigenvalue weighted by molar-refractivity contribution is 0.0911. The summed E-state index contributed by atoms with van der Waals surface area (Å²) in [6.07, 6.45) is 3.48. The average Bonchev–Trinajstić information content (AvgIpc) is 2.27. The van der Waals surface area contributed by atoms with Crippen molar-refractivity contribution >= 4 is 10.0 Å². The minimum atomic E-state index is -3.19. The summed E-state index contributed by atoms with van der Waals surface area (Å²) in [6.45, 7) is 5.52. The van der Waals surface area contributed by atoms with Gasteiger partial charge in [-0.25, -0.2) is 13.1 Å². The van der Waals surface area contributed by atoms with Crippen molar-refractivity contribution in [3.63, 3.8) is 0 Å². The van der Waals surface area contributed by atoms with Crippen LogP contribution >= 0.6 is 0 Å². The monoisotopic (exact) mass is 264 g/mol. The second-order valence-electron chi connectivity index (χ2n) is 4.73. The van der Waals surface area contributed by atoms with Crippen LogP contribution in [0.5, 0.6) is 0 Å². The minimum absolute atomic E-state index is 0.0396. The molecule has 1 saturated heterocycles. The number of hydrogen-bond donors (Lipinski definition) is 2. The maximum Gasteiger partial charge on any atom is 0.213 e. The van der Waals surface area contributed by atoms with Gasteiger partial charge in [0.05, 0.1) is 18.5 Å². The van der Waals surface area contributed by atoms with Crippen molar-refractivity contribution < 1.29 is 13.2 Å². The fraction of sp³-hybridized carbons (Fsp3) is 1.00. The molecule has 0 bridgehead atoms. The van der Waals surface area contributed by atoms with Crippen LogP contribution in [0.4, 0.5) is 0 Å². The standard InChI is InChI=1S/C11H24N2O3S/c1-10(2)16-7-8-17(14,15)13-9-11-5-3-4-6-12-11/h10-13H,3-9H2,1-2H3. The van der Waals surface area contributed by atoms with E-state index < -0.39 is 10.0 Å². The molecule has 1 unspecified atom stereocenters. The molecular formula is C11H24N2O3S. The van der Waals surface area contributed by atoms with Crippen molar-refractivity contribution in [2.75, 3.05) is 25.4 Å². The SMILES string of the molecule is CC(C)OCCS(=O)(=O)NCC1CCCCN1. The second-order valence-corrected chi connectivity index (χ2v) is 6.66. The van der Waals surface area contributed by atoms with E-state index in [4.69, 9.17) is 4.74 Å². The van der Waals surface area contributed by atoms with Gasteiger partial charge in [0.25, 0.3) is 0 Å². The van der Waals surface area contributed by atoms with Crippen molar-refractivity contribution in [1.29, 1.82) is 0 Å². The topological polar surface area (TPSA) is 67.4 Å². The van der Waals surface area contributed by atoms with E-state index in [1.54, 1.807) is 0 Å². The summed E-state index contributed by atoms with van der Waals surface area (Å²) in [5, 5.41) is 3.31. The molecule has 1 rings (SSSR count). The molecule has 1 heterocycles. The lowest BCUT2D eigenvalue weighted by atomic mass is 10.1. The van der Waals surface area contributed by atoms with E-state index in [9.17, 15) is 8.42 Å². The Bertz CT molecular complexity index is 298. The summed E-state index contributed by atoms with van der Waals surface area (Å²) in [4.78, 5) is 0. The minimum Gasteiger partial charge on any atom is -0.378 e. The number of piperidine rings is 1. The van der Waals surface area contributed by atoms with Gasteiger partial charge < -0.3 is 10.1 Å². The lowest BCUT2D eigenvalue weighted by Gasteiger charge is -2.23. The lowest BCUT2D eigenvalue weighted by Crippen LogP contribution is -2.44. The quantitative estimate of drug-likeness (QED) is 0.701. The summed E-state index contributed by atoms with van der Waals surface area (Å²) in [6, 6.07) is 0.282. The van der Waals surface area contributed by atoms with Crippen LogP contribution in [0.15, 0.2) is 0 Å². The summed E-state index contributed by atoms with van der Waals surface area (Å²) >= 11 is 0. The Hall–Kier alpha value is -0.170. The summed E-state index contributed by atoms with van der Waals surface area (Å²) in [7, 11) is -3.19. The highest BCUT2D eigenvalue weighted by molar-refractivity contribution is 7.89. The Morgan fingerprint density at radius 1 is 1.41 bits per heavy atom. The van der Waals surface area contributed by atoms with Gasteiger partial charge in [0.15, 0.2) is 0 Å². The molecule has 1 aliphatic rings. The van der Waals surface area contributed by atoms with Crippen molar-refractivity contribution in [2.24, 2.45) is 0 Å². The van der Waals surface area contributed by atoms with Crippen LogP contribution in [0.2, 0.25) is 0 Å². The van der Waals surface area contributed by atoms with Gasteiger partial charge in [0.2, 0.25) is 10.0 Å². The molecule has 17 heavy (non-hydrogen) atoms. The van der Waals surface area contributed by atoms with Crippen molar-refractivity contribution in [2.45, 2.75) is 45.3 Å². The zero-order valence-corrected chi connectivity index (χ0v) is 11.6. The molecule has 102 valence electrons. The van der Waals surface area contributed by atoms with Gasteiger partial charge in [0, 0.05) is 12.6 Å². The molecule has 0 aromatic carbocycles. The Balaban J connectivity index is 2.19. The maximum absolute atomic E-state index is 11.6. The van der Waals surface area contributed by atoms with Crippen LogP contribution in [0, 0.1) is 0 Å². The summed E-state index contributed by atoms with van der Waals surface area (Å²) in [5.74, 6) is 0.0396. The largest absolute Gasteiger partial charge is 0.378 e. The van der Waals surface area contributed by atoms with Gasteiger partial charge in [-0.3, -0.25) is 0 Å². The molecule has 1 atom stereocenters. The van der Waals surface area contributed by atoms with Crippen LogP contribution in [0.1, 0.15) is 33.1 Å². The molecule has 0 aromatic heterocycles. The fourth-order valence-electron chi connectivity index (χ4n) is 1.79. The zero-order chi connectivity index (χ0) is 12.7. The average molecular weight is 264 g/mol. The van der Waals surface area contributed by atoms with Crippen molar-refractivity contribution in [3.05, 3.63) is 0 Å². The predicted octanol–water partition coefficient (Wildman–Crippen LogP) is 0.473. The molecule has 0 aromatic rings. The van der Waals surface area contributed by atoms with Crippen LogP contribution in [-0.4, -0.2) is 46.0 Å². The first kappa shape index (κ1) is 14.9. The van der Waals surface area contributed by atoms with Gasteiger partial charge in [0.1, 0.15) is 0 Å². The van der Waals surface area contributed by atoms with Gasteiger partial charge in [-0.2, -0.15) is 0 Å². The molecule has 0 radical (unpaired) electrons. The van der Waals surface area contributed by atoms with Gasteiger partial charge in [-0.15, -0.1) is 0 Å². The summed E-state index contributed by atoms with van der Waals surface area (Å²) < 4.78 is 31.1. The number of sulfonamides is 1. The van der Waals surface area contributed by atoms with E-state index in [0.717, 1.165) is 13.0 Å². The van der Waals surface area contributed by atoms with E-state index in [2.05, 4.69) is 10.0 Å². The van der Waals surface area contributed by atoms with Crippen molar-refractivity contribution in [3.8, 4) is 0 Å². The first-order chi connectivity index (χ1) is 7.99. The molecule has 5 nitrogen and oxygen atoms in total. The number of rotatable bonds is 7. The molecule has 0 saturated carbocycles. The van der Waals surface area contributed by atoms with Crippen molar-refractivity contribution in [1.82, 2.24) is 10.0 Å². The van der Waals surface area contributed by atoms with Gasteiger partial charge in [-0.1, -0.05) is 6.42 Å². The highest BCUT2D eigenvalue weighted by atomic mass is 32.2. The molecule has 0 aliphatic carbocycles. The molecule has 2 N–H and O–H groups in total. The number of hydrogen-bond acceptors (Lipinski definition) is 4. The Morgan fingerprint density at radius 3 is 2.76 bits per heavy atom. The Morgan fingerprint density at radius 2 is 2.18 bits per heavy atom. The highest BCUT2D eigenvalue weighted by Crippen LogP contribution is 2.06. The molecule has 6 heteroatoms. The van der Waals surface area contributed by atoms with Crippen LogP contribution in [0.25, 0.3) is 0 Å². The third-order valence-electron chi connectivity index (χ3n) is 2.77. The smallest absolute Gasteiger partial charge is 0.213 e. The molecule has 0 amide bonds. The first-order valence-corrected chi connectivity index (χ1v) is 7.97. The van der Waals surface area contributed by atoms with Gasteiger partial charge in [-0.05, 0) is 33.2 Å². The predicted molar refractivity (Wildman–Crippen MR) is 68.5 cm³/mol. The molecule has 0 spiro atoms. The van der Waals surface area contributed by atoms with Crippen LogP contribution in [-0.2, 0) is 14.8 Å². The normalized spacial score (nSPS) is 21.9. The molecule has 1 aliphatic heterocycles. The van der Waals surface area contributed by atoms with Gasteiger partial charge >= 0.3 is 0 Å². The third-order valence-corrected chi connectivity index (χ3v) is 4.08. The first-order valence-electron chi connectivity index (χ1n) is 6.32. The van der Waals surface area contributed by atoms with E-state index in [0.29, 0.717) is 6.54 Å². The Labute approximate surface area is 104 Å². The maximum atomic E-state index is 11.6. The fourth-order valence-corrected chi connectivity index (χ4v) is 2.71. The van der Waals surface area contributed by atoms with E-state index >= 15 is 0 Å². The second kappa shape index (κ2) is 7.31. The zero-order valence-electron chi connectivity index (χ0n) is 10.7. The molecular weight excluding hydrogens is 240 g/mol. The number of ether oxygens (including phenoxy) is 1. The molecule has 1 fully saturated rings. The Kier molecular flexibility index (Phi) is 6.40.